The molecular weight excluding hydrogens is 222 g/mol. The van der Waals surface area contributed by atoms with E-state index in [1.165, 1.54) is 77.9 Å². The van der Waals surface area contributed by atoms with Crippen molar-refractivity contribution in [2.75, 3.05) is 45.8 Å². The highest BCUT2D eigenvalue weighted by Gasteiger charge is 2.44. The molecule has 0 aromatic carbocycles. The Kier molecular flexibility index (Phi) is 5.46. The molecule has 0 amide bonds. The molecule has 0 spiro atoms. The van der Waals surface area contributed by atoms with Crippen molar-refractivity contribution in [3.05, 3.63) is 0 Å². The van der Waals surface area contributed by atoms with Gasteiger partial charge in [-0.25, -0.2) is 0 Å². The molecule has 0 aromatic rings. The maximum absolute atomic E-state index is 3.45. The topological polar surface area (TPSA) is 18.5 Å². The fourth-order valence-electron chi connectivity index (χ4n) is 3.64. The molecule has 0 atom stereocenters. The minimum absolute atomic E-state index is 0.591. The van der Waals surface area contributed by atoms with Gasteiger partial charge in [0, 0.05) is 38.3 Å². The van der Waals surface area contributed by atoms with Gasteiger partial charge in [0.1, 0.15) is 0 Å². The Hall–Kier alpha value is -0.120. The molecule has 1 aliphatic carbocycles. The molecule has 3 nitrogen and oxygen atoms in total. The molecule has 2 saturated heterocycles. The van der Waals surface area contributed by atoms with Crippen LogP contribution >= 0.6 is 0 Å². The van der Waals surface area contributed by atoms with Crippen molar-refractivity contribution in [2.45, 2.75) is 51.5 Å². The minimum Gasteiger partial charge on any atom is -0.314 e. The fourth-order valence-corrected chi connectivity index (χ4v) is 3.64. The zero-order valence-corrected chi connectivity index (χ0v) is 12.4. The van der Waals surface area contributed by atoms with E-state index in [1.54, 1.807) is 0 Å². The highest BCUT2D eigenvalue weighted by atomic mass is 15.3. The minimum atomic E-state index is 0.591. The molecule has 0 unspecified atom stereocenters. The fraction of sp³-hybridized carbons (Fsp3) is 1.00. The van der Waals surface area contributed by atoms with E-state index in [1.807, 2.05) is 13.8 Å². The Morgan fingerprint density at radius 1 is 0.889 bits per heavy atom. The van der Waals surface area contributed by atoms with Gasteiger partial charge in [-0.15, -0.1) is 0 Å². The summed E-state index contributed by atoms with van der Waals surface area (Å²) in [6.45, 7) is 13.0. The van der Waals surface area contributed by atoms with Gasteiger partial charge in [-0.05, 0) is 45.2 Å². The third kappa shape index (κ3) is 3.06. The smallest absolute Gasteiger partial charge is 0.0336 e. The molecule has 3 fully saturated rings. The van der Waals surface area contributed by atoms with Crippen molar-refractivity contribution in [1.29, 1.82) is 0 Å². The first-order valence-corrected chi connectivity index (χ1v) is 8.07. The second-order valence-corrected chi connectivity index (χ2v) is 5.80. The predicted molar refractivity (Wildman–Crippen MR) is 78.0 cm³/mol. The summed E-state index contributed by atoms with van der Waals surface area (Å²) in [5, 5.41) is 3.45. The zero-order valence-electron chi connectivity index (χ0n) is 12.4. The van der Waals surface area contributed by atoms with Gasteiger partial charge in [0.05, 0.1) is 0 Å². The van der Waals surface area contributed by atoms with Crippen LogP contribution in [0.25, 0.3) is 0 Å². The summed E-state index contributed by atoms with van der Waals surface area (Å²) < 4.78 is 0. The summed E-state index contributed by atoms with van der Waals surface area (Å²) in [6.07, 6.45) is 7.24. The van der Waals surface area contributed by atoms with Crippen molar-refractivity contribution >= 4 is 0 Å². The molecule has 0 bridgehead atoms. The third-order valence-corrected chi connectivity index (χ3v) is 4.79. The molecule has 3 rings (SSSR count). The van der Waals surface area contributed by atoms with Crippen LogP contribution in [0, 0.1) is 0 Å². The van der Waals surface area contributed by atoms with E-state index in [0.29, 0.717) is 5.54 Å². The van der Waals surface area contributed by atoms with Crippen molar-refractivity contribution in [3.63, 3.8) is 0 Å². The lowest BCUT2D eigenvalue weighted by molar-refractivity contribution is -0.000920. The molecule has 0 aromatic heterocycles. The number of nitrogens with zero attached hydrogens (tertiary/aromatic N) is 2. The lowest BCUT2D eigenvalue weighted by Gasteiger charge is -2.51. The second kappa shape index (κ2) is 6.88. The third-order valence-electron chi connectivity index (χ3n) is 4.79. The number of hydrogen-bond donors (Lipinski definition) is 1. The van der Waals surface area contributed by atoms with Gasteiger partial charge >= 0.3 is 0 Å². The summed E-state index contributed by atoms with van der Waals surface area (Å²) in [7, 11) is 0. The Morgan fingerprint density at radius 2 is 1.50 bits per heavy atom. The van der Waals surface area contributed by atoms with E-state index in [2.05, 4.69) is 15.1 Å². The average molecular weight is 253 g/mol. The standard InChI is InChI=1S/C13H25N3.C2H6/c1-2-9-16(8-1)13(4-3-5-13)12-15-10-6-14-7-11-15;1-2/h14H,1-12H2;1-2H3. The summed E-state index contributed by atoms with van der Waals surface area (Å²) in [6, 6.07) is 0. The van der Waals surface area contributed by atoms with Crippen LogP contribution in [0.5, 0.6) is 0 Å². The summed E-state index contributed by atoms with van der Waals surface area (Å²) in [5.41, 5.74) is 0.591. The van der Waals surface area contributed by atoms with Crippen LogP contribution in [0.1, 0.15) is 46.0 Å². The van der Waals surface area contributed by atoms with Crippen LogP contribution in [0.4, 0.5) is 0 Å². The highest BCUT2D eigenvalue weighted by molar-refractivity contribution is 5.01. The molecule has 2 heterocycles. The Balaban J connectivity index is 0.000000574. The largest absolute Gasteiger partial charge is 0.314 e. The van der Waals surface area contributed by atoms with Crippen LogP contribution in [0.2, 0.25) is 0 Å². The maximum Gasteiger partial charge on any atom is 0.0336 e. The van der Waals surface area contributed by atoms with Crippen molar-refractivity contribution in [3.8, 4) is 0 Å². The van der Waals surface area contributed by atoms with Crippen molar-refractivity contribution in [1.82, 2.24) is 15.1 Å². The molecule has 3 heteroatoms. The number of rotatable bonds is 3. The number of nitrogens with one attached hydrogen (secondary N) is 1. The monoisotopic (exact) mass is 253 g/mol. The van der Waals surface area contributed by atoms with E-state index in [4.69, 9.17) is 0 Å². The Labute approximate surface area is 113 Å². The van der Waals surface area contributed by atoms with Crippen LogP contribution in [0.3, 0.4) is 0 Å². The molecule has 18 heavy (non-hydrogen) atoms. The number of likely N-dealkylation sites (tertiary alicyclic amines) is 1. The van der Waals surface area contributed by atoms with Gasteiger partial charge < -0.3 is 5.32 Å². The van der Waals surface area contributed by atoms with Gasteiger partial charge in [-0.1, -0.05) is 13.8 Å². The molecule has 1 N–H and O–H groups in total. The van der Waals surface area contributed by atoms with E-state index in [9.17, 15) is 0 Å². The van der Waals surface area contributed by atoms with E-state index in [-0.39, 0.29) is 0 Å². The first-order chi connectivity index (χ1) is 8.89. The van der Waals surface area contributed by atoms with Gasteiger partial charge in [0.2, 0.25) is 0 Å². The van der Waals surface area contributed by atoms with Crippen LogP contribution in [-0.4, -0.2) is 61.2 Å². The molecule has 3 aliphatic rings. The molecule has 2 aliphatic heterocycles. The predicted octanol–water partition coefficient (Wildman–Crippen LogP) is 1.94. The molecule has 0 radical (unpaired) electrons. The number of hydrogen-bond acceptors (Lipinski definition) is 3. The van der Waals surface area contributed by atoms with Gasteiger partial charge in [0.15, 0.2) is 0 Å². The first-order valence-electron chi connectivity index (χ1n) is 8.07. The van der Waals surface area contributed by atoms with Crippen LogP contribution < -0.4 is 5.32 Å². The second-order valence-electron chi connectivity index (χ2n) is 5.80. The summed E-state index contributed by atoms with van der Waals surface area (Å²) in [5.74, 6) is 0. The Bertz CT molecular complexity index is 226. The SMILES string of the molecule is C1CCN(C2(CN3CCNCC3)CCC2)C1.CC. The van der Waals surface area contributed by atoms with Crippen LogP contribution in [-0.2, 0) is 0 Å². The van der Waals surface area contributed by atoms with Gasteiger partial charge in [0.25, 0.3) is 0 Å². The molecule has 1 saturated carbocycles. The Morgan fingerprint density at radius 3 is 2.00 bits per heavy atom. The van der Waals surface area contributed by atoms with Gasteiger partial charge in [-0.2, -0.15) is 0 Å². The van der Waals surface area contributed by atoms with E-state index in [0.717, 1.165) is 0 Å². The zero-order chi connectivity index (χ0) is 12.8. The maximum atomic E-state index is 3.45. The lowest BCUT2D eigenvalue weighted by atomic mass is 9.75. The van der Waals surface area contributed by atoms with Gasteiger partial charge in [-0.3, -0.25) is 9.80 Å². The normalized spacial score (nSPS) is 28.3. The average Bonchev–Trinajstić information content (AvgIpc) is 2.92. The summed E-state index contributed by atoms with van der Waals surface area (Å²) in [4.78, 5) is 5.49. The van der Waals surface area contributed by atoms with Crippen LogP contribution in [0.15, 0.2) is 0 Å². The van der Waals surface area contributed by atoms with E-state index < -0.39 is 0 Å². The van der Waals surface area contributed by atoms with Crippen molar-refractivity contribution in [2.24, 2.45) is 0 Å². The molecular formula is C15H31N3. The van der Waals surface area contributed by atoms with Crippen molar-refractivity contribution < 1.29 is 0 Å². The summed E-state index contributed by atoms with van der Waals surface area (Å²) >= 11 is 0. The number of piperazine rings is 1. The lowest BCUT2D eigenvalue weighted by Crippen LogP contribution is -2.61. The quantitative estimate of drug-likeness (QED) is 0.829. The van der Waals surface area contributed by atoms with E-state index >= 15 is 0 Å². The molecule has 106 valence electrons. The highest BCUT2D eigenvalue weighted by Crippen LogP contribution is 2.40. The first kappa shape index (κ1) is 14.3.